The highest BCUT2D eigenvalue weighted by atomic mass is 31.2. The molecule has 2 aromatic rings. The number of rotatable bonds is 14. The molecule has 1 unspecified atom stereocenters. The van der Waals surface area contributed by atoms with Gasteiger partial charge in [0.2, 0.25) is 0 Å². The number of aldehydes is 1. The number of carbonyl (C=O) groups is 1. The van der Waals surface area contributed by atoms with Gasteiger partial charge < -0.3 is 18.7 Å². The highest BCUT2D eigenvalue weighted by Gasteiger charge is 2.34. The average molecular weight is 432 g/mol. The van der Waals surface area contributed by atoms with Crippen molar-refractivity contribution in [2.75, 3.05) is 26.8 Å². The van der Waals surface area contributed by atoms with Crippen LogP contribution < -0.4 is 0 Å². The SMILES string of the molecule is CCOP(=O)(OCC)C(C=O)CCCN(C)Cc1cccc(Cc2ccccc2)c1. The molecule has 6 heteroatoms. The first kappa shape index (κ1) is 24.5. The molecule has 5 nitrogen and oxygen atoms in total. The molecule has 0 heterocycles. The fraction of sp³-hybridized carbons (Fsp3) is 0.458. The molecule has 0 saturated heterocycles. The van der Waals surface area contributed by atoms with Gasteiger partial charge in [-0.3, -0.25) is 4.57 Å². The van der Waals surface area contributed by atoms with Crippen molar-refractivity contribution in [3.63, 3.8) is 0 Å². The summed E-state index contributed by atoms with van der Waals surface area (Å²) in [5.41, 5.74) is 3.14. The molecule has 0 aliphatic heterocycles. The second kappa shape index (κ2) is 12.8. The van der Waals surface area contributed by atoms with E-state index in [4.69, 9.17) is 9.05 Å². The van der Waals surface area contributed by atoms with Gasteiger partial charge in [-0.05, 0) is 63.4 Å². The maximum absolute atomic E-state index is 12.8. The quantitative estimate of drug-likeness (QED) is 0.299. The van der Waals surface area contributed by atoms with Crippen LogP contribution in [0.1, 0.15) is 43.4 Å². The summed E-state index contributed by atoms with van der Waals surface area (Å²) >= 11 is 0. The molecule has 0 aromatic heterocycles. The lowest BCUT2D eigenvalue weighted by molar-refractivity contribution is -0.108. The minimum Gasteiger partial charge on any atom is -0.308 e. The third kappa shape index (κ3) is 7.81. The molecule has 164 valence electrons. The van der Waals surface area contributed by atoms with E-state index >= 15 is 0 Å². The van der Waals surface area contributed by atoms with E-state index in [2.05, 4.69) is 60.5 Å². The van der Waals surface area contributed by atoms with E-state index in [0.29, 0.717) is 6.42 Å². The van der Waals surface area contributed by atoms with Crippen LogP contribution in [0.2, 0.25) is 0 Å². The van der Waals surface area contributed by atoms with Gasteiger partial charge in [0.05, 0.1) is 13.2 Å². The van der Waals surface area contributed by atoms with Crippen molar-refractivity contribution in [3.8, 4) is 0 Å². The monoisotopic (exact) mass is 431 g/mol. The van der Waals surface area contributed by atoms with E-state index in [1.54, 1.807) is 13.8 Å². The Bertz CT molecular complexity index is 802. The Kier molecular flexibility index (Phi) is 10.5. The minimum absolute atomic E-state index is 0.265. The van der Waals surface area contributed by atoms with Gasteiger partial charge in [0.1, 0.15) is 11.9 Å². The van der Waals surface area contributed by atoms with Crippen LogP contribution >= 0.6 is 7.60 Å². The van der Waals surface area contributed by atoms with Crippen LogP contribution in [0.3, 0.4) is 0 Å². The summed E-state index contributed by atoms with van der Waals surface area (Å²) in [7, 11) is -1.32. The van der Waals surface area contributed by atoms with Gasteiger partial charge >= 0.3 is 7.60 Å². The smallest absolute Gasteiger partial charge is 0.308 e. The Hall–Kier alpha value is -1.78. The molecule has 0 spiro atoms. The minimum atomic E-state index is -3.38. The number of benzene rings is 2. The Labute approximate surface area is 180 Å². The maximum atomic E-state index is 12.8. The van der Waals surface area contributed by atoms with E-state index in [1.165, 1.54) is 16.7 Å². The largest absolute Gasteiger partial charge is 0.340 e. The van der Waals surface area contributed by atoms with Crippen molar-refractivity contribution >= 4 is 13.9 Å². The lowest BCUT2D eigenvalue weighted by atomic mass is 10.0. The third-order valence-electron chi connectivity index (χ3n) is 4.92. The molecule has 0 radical (unpaired) electrons. The standard InChI is InChI=1S/C24H34NO4P/c1-4-28-30(27,29-5-2)24(20-26)15-10-16-25(3)19-23-14-9-13-22(18-23)17-21-11-7-6-8-12-21/h6-9,11-14,18,20,24H,4-5,10,15-17,19H2,1-3H3. The van der Waals surface area contributed by atoms with Crippen LogP contribution in [0.5, 0.6) is 0 Å². The van der Waals surface area contributed by atoms with Gasteiger partial charge in [0.25, 0.3) is 0 Å². The van der Waals surface area contributed by atoms with Crippen LogP contribution in [0.4, 0.5) is 0 Å². The second-order valence-corrected chi connectivity index (χ2v) is 9.70. The van der Waals surface area contributed by atoms with Crippen molar-refractivity contribution in [2.24, 2.45) is 0 Å². The van der Waals surface area contributed by atoms with E-state index in [0.717, 1.165) is 32.2 Å². The highest BCUT2D eigenvalue weighted by molar-refractivity contribution is 7.55. The van der Waals surface area contributed by atoms with Gasteiger partial charge in [-0.15, -0.1) is 0 Å². The first-order valence-corrected chi connectivity index (χ1v) is 12.3. The van der Waals surface area contributed by atoms with E-state index < -0.39 is 13.3 Å². The fourth-order valence-electron chi connectivity index (χ4n) is 3.52. The average Bonchev–Trinajstić information content (AvgIpc) is 2.72. The normalized spacial score (nSPS) is 12.8. The maximum Gasteiger partial charge on any atom is 0.340 e. The van der Waals surface area contributed by atoms with Crippen molar-refractivity contribution in [2.45, 2.75) is 45.3 Å². The predicted molar refractivity (Wildman–Crippen MR) is 122 cm³/mol. The van der Waals surface area contributed by atoms with Crippen molar-refractivity contribution < 1.29 is 18.4 Å². The lowest BCUT2D eigenvalue weighted by Crippen LogP contribution is -2.22. The van der Waals surface area contributed by atoms with Gasteiger partial charge in [0, 0.05) is 6.54 Å². The summed E-state index contributed by atoms with van der Waals surface area (Å²) in [5.74, 6) is 0. The van der Waals surface area contributed by atoms with E-state index in [-0.39, 0.29) is 13.2 Å². The molecule has 0 aliphatic rings. The fourth-order valence-corrected chi connectivity index (χ4v) is 5.35. The molecular formula is C24H34NO4P. The molecule has 0 amide bonds. The predicted octanol–water partition coefficient (Wildman–Crippen LogP) is 5.32. The number of hydrogen-bond donors (Lipinski definition) is 0. The van der Waals surface area contributed by atoms with Gasteiger partial charge in [0.15, 0.2) is 0 Å². The molecule has 2 aromatic carbocycles. The summed E-state index contributed by atoms with van der Waals surface area (Å²) in [6.45, 7) is 5.66. The Morgan fingerprint density at radius 2 is 1.60 bits per heavy atom. The van der Waals surface area contributed by atoms with Crippen LogP contribution in [0.15, 0.2) is 54.6 Å². The van der Waals surface area contributed by atoms with Crippen LogP contribution in [0, 0.1) is 0 Å². The van der Waals surface area contributed by atoms with E-state index in [9.17, 15) is 9.36 Å². The van der Waals surface area contributed by atoms with E-state index in [1.807, 2.05) is 6.07 Å². The lowest BCUT2D eigenvalue weighted by Gasteiger charge is -2.23. The number of carbonyl (C=O) groups excluding carboxylic acids is 1. The zero-order valence-corrected chi connectivity index (χ0v) is 19.2. The summed E-state index contributed by atoms with van der Waals surface area (Å²) in [6.07, 6.45) is 2.87. The zero-order chi connectivity index (χ0) is 21.8. The van der Waals surface area contributed by atoms with Crippen LogP contribution in [-0.2, 0) is 31.4 Å². The van der Waals surface area contributed by atoms with Crippen molar-refractivity contribution in [3.05, 3.63) is 71.3 Å². The summed E-state index contributed by atoms with van der Waals surface area (Å²) in [6, 6.07) is 19.1. The highest BCUT2D eigenvalue weighted by Crippen LogP contribution is 2.53. The molecule has 30 heavy (non-hydrogen) atoms. The second-order valence-electron chi connectivity index (χ2n) is 7.44. The molecule has 0 N–H and O–H groups in total. The molecule has 1 atom stereocenters. The summed E-state index contributed by atoms with van der Waals surface area (Å²) in [4.78, 5) is 13.7. The first-order valence-electron chi connectivity index (χ1n) is 10.6. The summed E-state index contributed by atoms with van der Waals surface area (Å²) < 4.78 is 23.5. The van der Waals surface area contributed by atoms with Crippen LogP contribution in [-0.4, -0.2) is 43.7 Å². The number of hydrogen-bond acceptors (Lipinski definition) is 5. The van der Waals surface area contributed by atoms with Gasteiger partial charge in [-0.25, -0.2) is 0 Å². The third-order valence-corrected chi connectivity index (χ3v) is 7.34. The molecule has 0 bridgehead atoms. The molecule has 2 rings (SSSR count). The molecular weight excluding hydrogens is 397 g/mol. The topological polar surface area (TPSA) is 55.8 Å². The molecule has 0 saturated carbocycles. The summed E-state index contributed by atoms with van der Waals surface area (Å²) in [5, 5.41) is 0. The Morgan fingerprint density at radius 1 is 0.967 bits per heavy atom. The van der Waals surface area contributed by atoms with Crippen LogP contribution in [0.25, 0.3) is 0 Å². The zero-order valence-electron chi connectivity index (χ0n) is 18.3. The van der Waals surface area contributed by atoms with Crippen molar-refractivity contribution in [1.82, 2.24) is 4.90 Å². The molecule has 0 aliphatic carbocycles. The van der Waals surface area contributed by atoms with Gasteiger partial charge in [-0.1, -0.05) is 54.6 Å². The number of nitrogens with zero attached hydrogens (tertiary/aromatic N) is 1. The Balaban J connectivity index is 1.86. The molecule has 0 fully saturated rings. The van der Waals surface area contributed by atoms with Gasteiger partial charge in [-0.2, -0.15) is 0 Å². The first-order chi connectivity index (χ1) is 14.5. The van der Waals surface area contributed by atoms with Crippen molar-refractivity contribution in [1.29, 1.82) is 0 Å². The Morgan fingerprint density at radius 3 is 2.23 bits per heavy atom.